The van der Waals surface area contributed by atoms with E-state index in [1.54, 1.807) is 11.3 Å². The summed E-state index contributed by atoms with van der Waals surface area (Å²) in [5.41, 5.74) is 2.96. The molecular formula is C15H17ClN4S. The fourth-order valence-corrected chi connectivity index (χ4v) is 3.33. The summed E-state index contributed by atoms with van der Waals surface area (Å²) >= 11 is 7.99. The molecule has 0 saturated carbocycles. The first-order chi connectivity index (χ1) is 10.1. The van der Waals surface area contributed by atoms with E-state index in [-0.39, 0.29) is 5.38 Å². The SMILES string of the molecule is Cc1ccnc2c1nc(C(C)Cl)n2CC(C)c1nccs1. The van der Waals surface area contributed by atoms with Crippen LogP contribution in [0.4, 0.5) is 0 Å². The largest absolute Gasteiger partial charge is 0.311 e. The van der Waals surface area contributed by atoms with E-state index in [0.717, 1.165) is 34.1 Å². The molecule has 0 saturated heterocycles. The number of nitrogens with zero attached hydrogens (tertiary/aromatic N) is 4. The topological polar surface area (TPSA) is 43.6 Å². The Morgan fingerprint density at radius 2 is 2.10 bits per heavy atom. The number of thiazole rings is 1. The van der Waals surface area contributed by atoms with E-state index in [1.165, 1.54) is 0 Å². The van der Waals surface area contributed by atoms with Gasteiger partial charge in [0.15, 0.2) is 5.65 Å². The zero-order valence-electron chi connectivity index (χ0n) is 12.2. The summed E-state index contributed by atoms with van der Waals surface area (Å²) < 4.78 is 2.13. The highest BCUT2D eigenvalue weighted by Gasteiger charge is 2.20. The van der Waals surface area contributed by atoms with Gasteiger partial charge < -0.3 is 4.57 Å². The number of aryl methyl sites for hydroxylation is 1. The number of pyridine rings is 1. The average Bonchev–Trinajstić information content (AvgIpc) is 3.07. The number of aromatic nitrogens is 4. The van der Waals surface area contributed by atoms with E-state index in [0.29, 0.717) is 5.92 Å². The standard InChI is InChI=1S/C15H17ClN4S/c1-9-4-5-17-14-12(9)19-13(11(3)16)20(14)8-10(2)15-18-6-7-21-15/h4-7,10-11H,8H2,1-3H3. The molecule has 2 unspecified atom stereocenters. The van der Waals surface area contributed by atoms with Crippen molar-refractivity contribution in [3.8, 4) is 0 Å². The van der Waals surface area contributed by atoms with Crippen molar-refractivity contribution in [2.75, 3.05) is 0 Å². The van der Waals surface area contributed by atoms with Crippen molar-refractivity contribution in [2.24, 2.45) is 0 Å². The lowest BCUT2D eigenvalue weighted by Crippen LogP contribution is -2.10. The van der Waals surface area contributed by atoms with Crippen molar-refractivity contribution < 1.29 is 0 Å². The molecule has 0 aliphatic heterocycles. The molecule has 110 valence electrons. The molecule has 0 aliphatic rings. The highest BCUT2D eigenvalue weighted by atomic mass is 35.5. The van der Waals surface area contributed by atoms with E-state index in [1.807, 2.05) is 37.7 Å². The van der Waals surface area contributed by atoms with Gasteiger partial charge in [0.1, 0.15) is 11.3 Å². The molecule has 3 rings (SSSR count). The molecule has 3 aromatic heterocycles. The molecule has 0 aliphatic carbocycles. The number of rotatable bonds is 4. The van der Waals surface area contributed by atoms with Crippen molar-refractivity contribution in [1.29, 1.82) is 0 Å². The summed E-state index contributed by atoms with van der Waals surface area (Å²) in [6.45, 7) is 6.95. The molecule has 3 heterocycles. The van der Waals surface area contributed by atoms with Crippen molar-refractivity contribution in [2.45, 2.75) is 38.6 Å². The van der Waals surface area contributed by atoms with Crippen LogP contribution in [0.2, 0.25) is 0 Å². The molecule has 0 bridgehead atoms. The van der Waals surface area contributed by atoms with E-state index >= 15 is 0 Å². The Balaban J connectivity index is 2.07. The fraction of sp³-hybridized carbons (Fsp3) is 0.400. The number of hydrogen-bond donors (Lipinski definition) is 0. The number of halogens is 1. The maximum atomic E-state index is 6.32. The Bertz CT molecular complexity index is 748. The number of fused-ring (bicyclic) bond motifs is 1. The minimum absolute atomic E-state index is 0.151. The molecule has 4 nitrogen and oxygen atoms in total. The van der Waals surface area contributed by atoms with Crippen LogP contribution in [0.3, 0.4) is 0 Å². The molecule has 0 N–H and O–H groups in total. The summed E-state index contributed by atoms with van der Waals surface area (Å²) in [6.07, 6.45) is 3.67. The summed E-state index contributed by atoms with van der Waals surface area (Å²) in [6, 6.07) is 1.98. The summed E-state index contributed by atoms with van der Waals surface area (Å²) in [4.78, 5) is 13.6. The van der Waals surface area contributed by atoms with Gasteiger partial charge in [-0.25, -0.2) is 15.0 Å². The van der Waals surface area contributed by atoms with Gasteiger partial charge in [0.25, 0.3) is 0 Å². The van der Waals surface area contributed by atoms with Crippen molar-refractivity contribution >= 4 is 34.1 Å². The molecule has 21 heavy (non-hydrogen) atoms. The lowest BCUT2D eigenvalue weighted by Gasteiger charge is -2.14. The quantitative estimate of drug-likeness (QED) is 0.673. The Morgan fingerprint density at radius 3 is 2.76 bits per heavy atom. The maximum absolute atomic E-state index is 6.32. The van der Waals surface area contributed by atoms with Gasteiger partial charge in [-0.3, -0.25) is 0 Å². The van der Waals surface area contributed by atoms with Crippen LogP contribution >= 0.6 is 22.9 Å². The van der Waals surface area contributed by atoms with Crippen LogP contribution < -0.4 is 0 Å². The predicted molar refractivity (Wildman–Crippen MR) is 87.1 cm³/mol. The van der Waals surface area contributed by atoms with Crippen LogP contribution in [0.15, 0.2) is 23.8 Å². The Morgan fingerprint density at radius 1 is 1.29 bits per heavy atom. The Labute approximate surface area is 132 Å². The fourth-order valence-electron chi connectivity index (χ4n) is 2.47. The van der Waals surface area contributed by atoms with Gasteiger partial charge in [-0.2, -0.15) is 0 Å². The van der Waals surface area contributed by atoms with Crippen molar-refractivity contribution in [3.05, 3.63) is 40.2 Å². The van der Waals surface area contributed by atoms with Crippen molar-refractivity contribution in [3.63, 3.8) is 0 Å². The van der Waals surface area contributed by atoms with E-state index in [4.69, 9.17) is 16.6 Å². The number of imidazole rings is 1. The van der Waals surface area contributed by atoms with Gasteiger partial charge in [0.2, 0.25) is 0 Å². The van der Waals surface area contributed by atoms with Crippen LogP contribution in [-0.4, -0.2) is 19.5 Å². The molecule has 3 aromatic rings. The second-order valence-electron chi connectivity index (χ2n) is 5.27. The maximum Gasteiger partial charge on any atom is 0.160 e. The molecule has 0 fully saturated rings. The van der Waals surface area contributed by atoms with Gasteiger partial charge in [0.05, 0.1) is 10.4 Å². The number of hydrogen-bond acceptors (Lipinski definition) is 4. The molecular weight excluding hydrogens is 304 g/mol. The van der Waals surface area contributed by atoms with Gasteiger partial charge in [-0.05, 0) is 25.5 Å². The Hall–Kier alpha value is -1.46. The molecule has 6 heteroatoms. The summed E-state index contributed by atoms with van der Waals surface area (Å²) in [5, 5.41) is 2.98. The highest BCUT2D eigenvalue weighted by molar-refractivity contribution is 7.09. The first-order valence-corrected chi connectivity index (χ1v) is 8.24. The Kier molecular flexibility index (Phi) is 3.95. The molecule has 0 amide bonds. The third-order valence-corrected chi connectivity index (χ3v) is 4.75. The van der Waals surface area contributed by atoms with E-state index in [9.17, 15) is 0 Å². The van der Waals surface area contributed by atoms with Crippen LogP contribution in [0.25, 0.3) is 11.2 Å². The normalized spacial score (nSPS) is 14.5. The van der Waals surface area contributed by atoms with Crippen LogP contribution in [0, 0.1) is 6.92 Å². The van der Waals surface area contributed by atoms with E-state index < -0.39 is 0 Å². The highest BCUT2D eigenvalue weighted by Crippen LogP contribution is 2.28. The molecule has 0 spiro atoms. The summed E-state index contributed by atoms with van der Waals surface area (Å²) in [5.74, 6) is 1.18. The first-order valence-electron chi connectivity index (χ1n) is 6.93. The molecule has 0 radical (unpaired) electrons. The minimum atomic E-state index is -0.151. The summed E-state index contributed by atoms with van der Waals surface area (Å²) in [7, 11) is 0. The smallest absolute Gasteiger partial charge is 0.160 e. The van der Waals surface area contributed by atoms with Crippen LogP contribution in [0.1, 0.15) is 41.5 Å². The second-order valence-corrected chi connectivity index (χ2v) is 6.85. The van der Waals surface area contributed by atoms with Crippen LogP contribution in [0.5, 0.6) is 0 Å². The number of alkyl halides is 1. The second kappa shape index (κ2) is 5.73. The third-order valence-electron chi connectivity index (χ3n) is 3.55. The lowest BCUT2D eigenvalue weighted by molar-refractivity contribution is 0.580. The van der Waals surface area contributed by atoms with Gasteiger partial charge in [0, 0.05) is 30.2 Å². The van der Waals surface area contributed by atoms with E-state index in [2.05, 4.69) is 21.5 Å². The van der Waals surface area contributed by atoms with Crippen molar-refractivity contribution in [1.82, 2.24) is 19.5 Å². The van der Waals surface area contributed by atoms with Crippen LogP contribution in [-0.2, 0) is 6.54 Å². The van der Waals surface area contributed by atoms with Gasteiger partial charge >= 0.3 is 0 Å². The minimum Gasteiger partial charge on any atom is -0.311 e. The first kappa shape index (κ1) is 14.5. The lowest BCUT2D eigenvalue weighted by atomic mass is 10.2. The molecule has 0 aromatic carbocycles. The third kappa shape index (κ3) is 2.68. The zero-order chi connectivity index (χ0) is 15.0. The zero-order valence-corrected chi connectivity index (χ0v) is 13.8. The van der Waals surface area contributed by atoms with Gasteiger partial charge in [-0.1, -0.05) is 6.92 Å². The average molecular weight is 321 g/mol. The molecule has 2 atom stereocenters. The predicted octanol–water partition coefficient (Wildman–Crippen LogP) is 4.30. The van der Waals surface area contributed by atoms with Gasteiger partial charge in [-0.15, -0.1) is 22.9 Å². The monoisotopic (exact) mass is 320 g/mol.